The lowest BCUT2D eigenvalue weighted by molar-refractivity contribution is -0.138. The Bertz CT molecular complexity index is 428. The third-order valence-corrected chi connectivity index (χ3v) is 3.57. The van der Waals surface area contributed by atoms with Gasteiger partial charge < -0.3 is 5.73 Å². The molecule has 0 aromatic heterocycles. The highest BCUT2D eigenvalue weighted by Gasteiger charge is 2.35. The van der Waals surface area contributed by atoms with Gasteiger partial charge >= 0.3 is 6.18 Å². The maximum Gasteiger partial charge on any atom is 0.416 e. The molecule has 2 rings (SSSR count). The Morgan fingerprint density at radius 3 is 2.40 bits per heavy atom. The molecular formula is C14H20F3N3. The summed E-state index contributed by atoms with van der Waals surface area (Å²) >= 11 is 0. The normalized spacial score (nSPS) is 19.0. The van der Waals surface area contributed by atoms with Crippen LogP contribution in [-0.4, -0.2) is 24.6 Å². The van der Waals surface area contributed by atoms with Crippen LogP contribution in [-0.2, 0) is 6.18 Å². The van der Waals surface area contributed by atoms with Crippen molar-refractivity contribution < 1.29 is 13.2 Å². The molecule has 0 bridgehead atoms. The van der Waals surface area contributed by atoms with Crippen molar-refractivity contribution in [2.45, 2.75) is 31.5 Å². The molecule has 1 aromatic carbocycles. The first-order valence-electron chi connectivity index (χ1n) is 6.89. The number of benzene rings is 1. The van der Waals surface area contributed by atoms with Crippen LogP contribution in [0.25, 0.3) is 0 Å². The smallest absolute Gasteiger partial charge is 0.329 e. The van der Waals surface area contributed by atoms with Crippen molar-refractivity contribution in [1.82, 2.24) is 10.4 Å². The van der Waals surface area contributed by atoms with Gasteiger partial charge in [0, 0.05) is 19.6 Å². The molecule has 6 heteroatoms. The third-order valence-electron chi connectivity index (χ3n) is 3.57. The Balaban J connectivity index is 2.18. The van der Waals surface area contributed by atoms with E-state index in [1.807, 2.05) is 5.01 Å². The molecule has 0 amide bonds. The molecule has 1 atom stereocenters. The van der Waals surface area contributed by atoms with Crippen LogP contribution in [0.15, 0.2) is 24.3 Å². The van der Waals surface area contributed by atoms with E-state index in [4.69, 9.17) is 5.73 Å². The zero-order chi connectivity index (χ0) is 14.6. The molecule has 0 saturated carbocycles. The van der Waals surface area contributed by atoms with E-state index in [0.29, 0.717) is 0 Å². The predicted molar refractivity (Wildman–Crippen MR) is 71.8 cm³/mol. The summed E-state index contributed by atoms with van der Waals surface area (Å²) in [4.78, 5) is 0. The quantitative estimate of drug-likeness (QED) is 0.894. The second-order valence-electron chi connectivity index (χ2n) is 5.05. The van der Waals surface area contributed by atoms with E-state index in [2.05, 4.69) is 5.43 Å². The second-order valence-corrected chi connectivity index (χ2v) is 5.05. The summed E-state index contributed by atoms with van der Waals surface area (Å²) in [7, 11) is 0. The van der Waals surface area contributed by atoms with Crippen molar-refractivity contribution >= 4 is 0 Å². The molecule has 3 N–H and O–H groups in total. The first kappa shape index (κ1) is 15.3. The summed E-state index contributed by atoms with van der Waals surface area (Å²) in [6.45, 7) is 1.83. The number of halogens is 3. The lowest BCUT2D eigenvalue weighted by Gasteiger charge is -2.32. The van der Waals surface area contributed by atoms with Gasteiger partial charge in [0.1, 0.15) is 0 Å². The van der Waals surface area contributed by atoms with E-state index < -0.39 is 17.8 Å². The molecular weight excluding hydrogens is 267 g/mol. The lowest BCUT2D eigenvalue weighted by atomic mass is 10.00. The number of nitrogens with one attached hydrogen (secondary N) is 1. The molecule has 1 aliphatic heterocycles. The lowest BCUT2D eigenvalue weighted by Crippen LogP contribution is -2.46. The Morgan fingerprint density at radius 2 is 1.80 bits per heavy atom. The topological polar surface area (TPSA) is 41.3 Å². The standard InChI is InChI=1S/C14H20F3N3/c15-14(16,17)12-7-3-2-6-11(12)13(10-18)19-20-8-4-1-5-9-20/h2-3,6-7,13,19H,1,4-5,8-10,18H2. The molecule has 1 heterocycles. The van der Waals surface area contributed by atoms with Crippen molar-refractivity contribution in [3.63, 3.8) is 0 Å². The number of rotatable bonds is 4. The Hall–Kier alpha value is -1.11. The molecule has 112 valence electrons. The first-order chi connectivity index (χ1) is 9.52. The summed E-state index contributed by atoms with van der Waals surface area (Å²) < 4.78 is 39.1. The van der Waals surface area contributed by atoms with Gasteiger partial charge in [-0.05, 0) is 24.5 Å². The fourth-order valence-corrected chi connectivity index (χ4v) is 2.55. The highest BCUT2D eigenvalue weighted by atomic mass is 19.4. The minimum Gasteiger partial charge on any atom is -0.329 e. The average molecular weight is 287 g/mol. The van der Waals surface area contributed by atoms with Gasteiger partial charge in [0.25, 0.3) is 0 Å². The fraction of sp³-hybridized carbons (Fsp3) is 0.571. The van der Waals surface area contributed by atoms with Crippen LogP contribution in [0.1, 0.15) is 36.4 Å². The molecule has 1 aromatic rings. The molecule has 1 saturated heterocycles. The Kier molecular flexibility index (Phi) is 5.01. The molecule has 1 unspecified atom stereocenters. The maximum absolute atomic E-state index is 13.0. The largest absolute Gasteiger partial charge is 0.416 e. The van der Waals surface area contributed by atoms with Crippen molar-refractivity contribution in [3.8, 4) is 0 Å². The number of alkyl halides is 3. The summed E-state index contributed by atoms with van der Waals surface area (Å²) in [6.07, 6.45) is -1.06. The first-order valence-corrected chi connectivity index (χ1v) is 6.89. The van der Waals surface area contributed by atoms with Crippen LogP contribution in [0.4, 0.5) is 13.2 Å². The van der Waals surface area contributed by atoms with Crippen LogP contribution >= 0.6 is 0 Å². The highest BCUT2D eigenvalue weighted by molar-refractivity contribution is 5.32. The number of piperidine rings is 1. The molecule has 0 radical (unpaired) electrons. The van der Waals surface area contributed by atoms with Gasteiger partial charge in [-0.15, -0.1) is 0 Å². The number of nitrogens with zero attached hydrogens (tertiary/aromatic N) is 1. The predicted octanol–water partition coefficient (Wildman–Crippen LogP) is 2.70. The van der Waals surface area contributed by atoms with Gasteiger partial charge in [-0.2, -0.15) is 13.2 Å². The van der Waals surface area contributed by atoms with Crippen molar-refractivity contribution in [2.75, 3.05) is 19.6 Å². The monoisotopic (exact) mass is 287 g/mol. The molecule has 0 spiro atoms. The van der Waals surface area contributed by atoms with Crippen LogP contribution in [0.5, 0.6) is 0 Å². The van der Waals surface area contributed by atoms with Crippen LogP contribution in [0.2, 0.25) is 0 Å². The molecule has 1 fully saturated rings. The van der Waals surface area contributed by atoms with Gasteiger partial charge in [-0.25, -0.2) is 10.4 Å². The highest BCUT2D eigenvalue weighted by Crippen LogP contribution is 2.34. The van der Waals surface area contributed by atoms with Crippen molar-refractivity contribution in [3.05, 3.63) is 35.4 Å². The minimum atomic E-state index is -4.35. The number of hydrogen-bond acceptors (Lipinski definition) is 3. The Labute approximate surface area is 116 Å². The van der Waals surface area contributed by atoms with E-state index in [0.717, 1.165) is 32.0 Å². The Morgan fingerprint density at radius 1 is 1.15 bits per heavy atom. The number of hydrogen-bond donors (Lipinski definition) is 2. The van der Waals surface area contributed by atoms with Crippen molar-refractivity contribution in [1.29, 1.82) is 0 Å². The van der Waals surface area contributed by atoms with Gasteiger partial charge in [0.2, 0.25) is 0 Å². The molecule has 0 aliphatic carbocycles. The average Bonchev–Trinajstić information content (AvgIpc) is 2.45. The van der Waals surface area contributed by atoms with Gasteiger partial charge in [0.15, 0.2) is 0 Å². The summed E-state index contributed by atoms with van der Waals surface area (Å²) in [5, 5.41) is 1.98. The fourth-order valence-electron chi connectivity index (χ4n) is 2.55. The van der Waals surface area contributed by atoms with E-state index in [-0.39, 0.29) is 12.1 Å². The molecule has 3 nitrogen and oxygen atoms in total. The third kappa shape index (κ3) is 3.71. The minimum absolute atomic E-state index is 0.129. The SMILES string of the molecule is NCC(NN1CCCCC1)c1ccccc1C(F)(F)F. The van der Waals surface area contributed by atoms with Crippen molar-refractivity contribution in [2.24, 2.45) is 5.73 Å². The van der Waals surface area contributed by atoms with E-state index in [1.54, 1.807) is 6.07 Å². The van der Waals surface area contributed by atoms with Crippen LogP contribution in [0.3, 0.4) is 0 Å². The molecule has 1 aliphatic rings. The van der Waals surface area contributed by atoms with Crippen LogP contribution < -0.4 is 11.2 Å². The van der Waals surface area contributed by atoms with Crippen LogP contribution in [0, 0.1) is 0 Å². The van der Waals surface area contributed by atoms with E-state index in [9.17, 15) is 13.2 Å². The summed E-state index contributed by atoms with van der Waals surface area (Å²) in [5.41, 5.74) is 8.43. The zero-order valence-corrected chi connectivity index (χ0v) is 11.3. The van der Waals surface area contributed by atoms with E-state index >= 15 is 0 Å². The van der Waals surface area contributed by atoms with E-state index in [1.165, 1.54) is 18.6 Å². The van der Waals surface area contributed by atoms with Gasteiger partial charge in [-0.1, -0.05) is 24.6 Å². The maximum atomic E-state index is 13.0. The second kappa shape index (κ2) is 6.56. The van der Waals surface area contributed by atoms with Gasteiger partial charge in [-0.3, -0.25) is 0 Å². The summed E-state index contributed by atoms with van der Waals surface area (Å²) in [6, 6.07) is 5.12. The number of hydrazine groups is 1. The van der Waals surface area contributed by atoms with Gasteiger partial charge in [0.05, 0.1) is 11.6 Å². The zero-order valence-electron chi connectivity index (χ0n) is 11.3. The molecule has 20 heavy (non-hydrogen) atoms. The number of nitrogens with two attached hydrogens (primary N) is 1. The summed E-state index contributed by atoms with van der Waals surface area (Å²) in [5.74, 6) is 0.